The van der Waals surface area contributed by atoms with Crippen molar-refractivity contribution in [1.82, 2.24) is 24.5 Å². The Morgan fingerprint density at radius 3 is 2.80 bits per heavy atom. The van der Waals surface area contributed by atoms with Crippen molar-refractivity contribution >= 4 is 33.7 Å². The molecular weight excluding hydrogens is 388 g/mol. The van der Waals surface area contributed by atoms with Gasteiger partial charge in [-0.1, -0.05) is 0 Å². The Hall–Kier alpha value is -3.20. The highest BCUT2D eigenvalue weighted by Gasteiger charge is 2.21. The van der Waals surface area contributed by atoms with Crippen LogP contribution in [-0.4, -0.2) is 44.8 Å². The number of pyridine rings is 1. The van der Waals surface area contributed by atoms with Crippen molar-refractivity contribution < 1.29 is 8.78 Å². The normalized spacial score (nSPS) is 17.2. The molecular formula is C21H23F2N7. The first kappa shape index (κ1) is 18.8. The molecule has 3 aromatic heterocycles. The van der Waals surface area contributed by atoms with E-state index in [1.54, 1.807) is 41.5 Å². The first-order chi connectivity index (χ1) is 14.4. The molecule has 0 radical (unpaired) electrons. The summed E-state index contributed by atoms with van der Waals surface area (Å²) in [6.45, 7) is 6.42. The predicted octanol–water partition coefficient (Wildman–Crippen LogP) is 3.35. The van der Waals surface area contributed by atoms with Crippen molar-refractivity contribution in [1.29, 1.82) is 0 Å². The smallest absolute Gasteiger partial charge is 0.173 e. The lowest BCUT2D eigenvalue weighted by atomic mass is 10.1. The number of benzene rings is 1. The molecule has 2 N–H and O–H groups in total. The standard InChI is InChI=1S/C21H23F2N7/c1-12-9-29(5-4-24-12)15-7-16(22)19-18(8-15)28(3)27-20(19)26-14-6-17(23)21-25-13(2)10-30(21)11-14/h6-8,10-12,24H,4-5,9H2,1-3H3,(H,26,27). The summed E-state index contributed by atoms with van der Waals surface area (Å²) in [7, 11) is 1.78. The lowest BCUT2D eigenvalue weighted by molar-refractivity contribution is 0.484. The summed E-state index contributed by atoms with van der Waals surface area (Å²) in [6.07, 6.45) is 3.45. The zero-order valence-corrected chi connectivity index (χ0v) is 17.1. The molecule has 7 nitrogen and oxygen atoms in total. The Labute approximate surface area is 172 Å². The number of hydrogen-bond donors (Lipinski definition) is 2. The maximum atomic E-state index is 15.2. The molecule has 30 heavy (non-hydrogen) atoms. The number of halogens is 2. The molecule has 0 aliphatic carbocycles. The van der Waals surface area contributed by atoms with E-state index in [-0.39, 0.29) is 11.5 Å². The van der Waals surface area contributed by atoms with Crippen LogP contribution in [0.4, 0.5) is 26.0 Å². The molecule has 1 unspecified atom stereocenters. The Balaban J connectivity index is 1.54. The highest BCUT2D eigenvalue weighted by Crippen LogP contribution is 2.32. The van der Waals surface area contributed by atoms with Gasteiger partial charge in [0, 0.05) is 56.9 Å². The third-order valence-electron chi connectivity index (χ3n) is 5.51. The van der Waals surface area contributed by atoms with Crippen molar-refractivity contribution in [3.8, 4) is 0 Å². The second kappa shape index (κ2) is 6.94. The fourth-order valence-corrected chi connectivity index (χ4v) is 4.14. The molecule has 4 aromatic rings. The molecule has 1 aliphatic rings. The highest BCUT2D eigenvalue weighted by atomic mass is 19.1. The van der Waals surface area contributed by atoms with Gasteiger partial charge in [0.25, 0.3) is 0 Å². The Kier molecular flexibility index (Phi) is 4.35. The van der Waals surface area contributed by atoms with Crippen LogP contribution < -0.4 is 15.5 Å². The zero-order chi connectivity index (χ0) is 21.0. The van der Waals surface area contributed by atoms with Crippen LogP contribution in [0, 0.1) is 18.6 Å². The molecule has 1 fully saturated rings. The molecule has 5 rings (SSSR count). The molecule has 0 spiro atoms. The minimum absolute atomic E-state index is 0.255. The van der Waals surface area contributed by atoms with E-state index in [4.69, 9.17) is 0 Å². The summed E-state index contributed by atoms with van der Waals surface area (Å²) in [5.74, 6) is -0.464. The molecule has 156 valence electrons. The maximum absolute atomic E-state index is 15.2. The van der Waals surface area contributed by atoms with Crippen LogP contribution in [0.3, 0.4) is 0 Å². The minimum Gasteiger partial charge on any atom is -0.369 e. The zero-order valence-electron chi connectivity index (χ0n) is 17.1. The van der Waals surface area contributed by atoms with Crippen LogP contribution in [0.15, 0.2) is 30.6 Å². The van der Waals surface area contributed by atoms with Gasteiger partial charge in [-0.3, -0.25) is 4.68 Å². The topological polar surface area (TPSA) is 62.4 Å². The van der Waals surface area contributed by atoms with Crippen molar-refractivity contribution in [2.75, 3.05) is 29.9 Å². The number of rotatable bonds is 3. The molecule has 0 bridgehead atoms. The van der Waals surface area contributed by atoms with E-state index in [1.807, 2.05) is 6.07 Å². The Bertz CT molecular complexity index is 1260. The number of aromatic nitrogens is 4. The third-order valence-corrected chi connectivity index (χ3v) is 5.51. The second-order valence-corrected chi connectivity index (χ2v) is 7.91. The van der Waals surface area contributed by atoms with E-state index in [2.05, 4.69) is 32.5 Å². The average Bonchev–Trinajstić information content (AvgIpc) is 3.22. The van der Waals surface area contributed by atoms with E-state index in [0.717, 1.165) is 31.0 Å². The molecule has 1 aliphatic heterocycles. The van der Waals surface area contributed by atoms with Gasteiger partial charge < -0.3 is 19.9 Å². The first-order valence-electron chi connectivity index (χ1n) is 9.95. The highest BCUT2D eigenvalue weighted by molar-refractivity contribution is 5.94. The predicted molar refractivity (Wildman–Crippen MR) is 114 cm³/mol. The summed E-state index contributed by atoms with van der Waals surface area (Å²) in [5.41, 5.74) is 2.96. The van der Waals surface area contributed by atoms with E-state index < -0.39 is 5.82 Å². The number of piperazine rings is 1. The maximum Gasteiger partial charge on any atom is 0.173 e. The number of fused-ring (bicyclic) bond motifs is 2. The van der Waals surface area contributed by atoms with Crippen molar-refractivity contribution in [2.45, 2.75) is 19.9 Å². The number of aryl methyl sites for hydroxylation is 2. The molecule has 4 heterocycles. The van der Waals surface area contributed by atoms with Gasteiger partial charge in [0.1, 0.15) is 5.82 Å². The molecule has 0 saturated carbocycles. The summed E-state index contributed by atoms with van der Waals surface area (Å²) in [4.78, 5) is 6.33. The van der Waals surface area contributed by atoms with Crippen LogP contribution >= 0.6 is 0 Å². The van der Waals surface area contributed by atoms with E-state index in [9.17, 15) is 4.39 Å². The van der Waals surface area contributed by atoms with E-state index in [1.165, 1.54) is 6.07 Å². The Morgan fingerprint density at radius 2 is 2.00 bits per heavy atom. The van der Waals surface area contributed by atoms with Crippen molar-refractivity contribution in [3.63, 3.8) is 0 Å². The number of imidazole rings is 1. The quantitative estimate of drug-likeness (QED) is 0.541. The van der Waals surface area contributed by atoms with Gasteiger partial charge in [0.15, 0.2) is 17.3 Å². The molecule has 1 atom stereocenters. The Morgan fingerprint density at radius 1 is 1.17 bits per heavy atom. The molecule has 1 saturated heterocycles. The van der Waals surface area contributed by atoms with Gasteiger partial charge in [-0.25, -0.2) is 13.8 Å². The lowest BCUT2D eigenvalue weighted by Crippen LogP contribution is -2.49. The second-order valence-electron chi connectivity index (χ2n) is 7.91. The summed E-state index contributed by atoms with van der Waals surface area (Å²) in [6, 6.07) is 5.20. The van der Waals surface area contributed by atoms with Crippen LogP contribution in [-0.2, 0) is 7.05 Å². The number of nitrogens with one attached hydrogen (secondary N) is 2. The first-order valence-corrected chi connectivity index (χ1v) is 9.95. The summed E-state index contributed by atoms with van der Waals surface area (Å²) in [5, 5.41) is 11.3. The summed E-state index contributed by atoms with van der Waals surface area (Å²) >= 11 is 0. The molecule has 0 amide bonds. The van der Waals surface area contributed by atoms with Gasteiger partial charge in [0.05, 0.1) is 22.3 Å². The largest absolute Gasteiger partial charge is 0.369 e. The van der Waals surface area contributed by atoms with E-state index in [0.29, 0.717) is 28.5 Å². The fourth-order valence-electron chi connectivity index (χ4n) is 4.14. The van der Waals surface area contributed by atoms with Gasteiger partial charge in [-0.05, 0) is 26.0 Å². The lowest BCUT2D eigenvalue weighted by Gasteiger charge is -2.33. The number of hydrogen-bond acceptors (Lipinski definition) is 5. The van der Waals surface area contributed by atoms with E-state index >= 15 is 4.39 Å². The van der Waals surface area contributed by atoms with Crippen molar-refractivity contribution in [3.05, 3.63) is 47.9 Å². The van der Waals surface area contributed by atoms with Gasteiger partial charge in [0.2, 0.25) is 0 Å². The summed E-state index contributed by atoms with van der Waals surface area (Å²) < 4.78 is 32.9. The van der Waals surface area contributed by atoms with Gasteiger partial charge >= 0.3 is 0 Å². The molecule has 1 aromatic carbocycles. The average molecular weight is 411 g/mol. The minimum atomic E-state index is -0.455. The number of anilines is 3. The third kappa shape index (κ3) is 3.15. The fraction of sp³-hybridized carbons (Fsp3) is 0.333. The van der Waals surface area contributed by atoms with Crippen molar-refractivity contribution in [2.24, 2.45) is 7.05 Å². The monoisotopic (exact) mass is 411 g/mol. The molecule has 9 heteroatoms. The van der Waals surface area contributed by atoms with Crippen LogP contribution in [0.5, 0.6) is 0 Å². The SMILES string of the molecule is Cc1cn2cc(Nc3nn(C)c4cc(N5CCNC(C)C5)cc(F)c34)cc(F)c2n1. The number of nitrogens with zero attached hydrogens (tertiary/aromatic N) is 5. The van der Waals surface area contributed by atoms with Crippen LogP contribution in [0.2, 0.25) is 0 Å². The van der Waals surface area contributed by atoms with Gasteiger partial charge in [-0.15, -0.1) is 0 Å². The van der Waals surface area contributed by atoms with Gasteiger partial charge in [-0.2, -0.15) is 5.10 Å². The van der Waals surface area contributed by atoms with Crippen LogP contribution in [0.1, 0.15) is 12.6 Å². The van der Waals surface area contributed by atoms with Crippen LogP contribution in [0.25, 0.3) is 16.6 Å².